The van der Waals surface area contributed by atoms with E-state index in [9.17, 15) is 0 Å². The van der Waals surface area contributed by atoms with Gasteiger partial charge >= 0.3 is 0 Å². The van der Waals surface area contributed by atoms with E-state index in [-0.39, 0.29) is 0 Å². The van der Waals surface area contributed by atoms with Crippen molar-refractivity contribution in [2.75, 3.05) is 5.32 Å². The number of aryl methyl sites for hydroxylation is 1. The molecule has 0 bridgehead atoms. The van der Waals surface area contributed by atoms with Crippen LogP contribution in [0.3, 0.4) is 0 Å². The molecule has 72 valence electrons. The highest BCUT2D eigenvalue weighted by molar-refractivity contribution is 9.11. The Morgan fingerprint density at radius 1 is 1.29 bits per heavy atom. The lowest BCUT2D eigenvalue weighted by atomic mass is 10.3. The van der Waals surface area contributed by atoms with Gasteiger partial charge in [0.05, 0.1) is 9.48 Å². The van der Waals surface area contributed by atoms with Crippen LogP contribution < -0.4 is 5.32 Å². The lowest BCUT2D eigenvalue weighted by Gasteiger charge is -1.99. The van der Waals surface area contributed by atoms with Gasteiger partial charge < -0.3 is 5.32 Å². The van der Waals surface area contributed by atoms with E-state index in [0.717, 1.165) is 20.3 Å². The van der Waals surface area contributed by atoms with Gasteiger partial charge in [-0.25, -0.2) is 4.98 Å². The number of hydrogen-bond donors (Lipinski definition) is 1. The molecule has 0 spiro atoms. The number of hydrogen-bond acceptors (Lipinski definition) is 3. The Morgan fingerprint density at radius 2 is 2.00 bits per heavy atom. The topological polar surface area (TPSA) is 24.9 Å². The Kier molecular flexibility index (Phi) is 2.84. The van der Waals surface area contributed by atoms with Gasteiger partial charge in [-0.1, -0.05) is 29.5 Å². The molecule has 0 fully saturated rings. The van der Waals surface area contributed by atoms with Crippen molar-refractivity contribution in [1.29, 1.82) is 0 Å². The Hall–Kier alpha value is -0.870. The maximum atomic E-state index is 4.37. The van der Waals surface area contributed by atoms with Gasteiger partial charge in [0, 0.05) is 5.69 Å². The number of thiazole rings is 1. The maximum absolute atomic E-state index is 4.37. The molecule has 0 aliphatic heterocycles. The summed E-state index contributed by atoms with van der Waals surface area (Å²) >= 11 is 5.05. The van der Waals surface area contributed by atoms with Gasteiger partial charge in [-0.2, -0.15) is 0 Å². The Morgan fingerprint density at radius 3 is 2.57 bits per heavy atom. The molecule has 2 aromatic rings. The van der Waals surface area contributed by atoms with E-state index >= 15 is 0 Å². The van der Waals surface area contributed by atoms with Gasteiger partial charge in [0.25, 0.3) is 0 Å². The molecular weight excluding hydrogens is 260 g/mol. The minimum Gasteiger partial charge on any atom is -0.332 e. The Balaban J connectivity index is 2.19. The third-order valence-electron chi connectivity index (χ3n) is 1.77. The molecule has 1 aromatic heterocycles. The average Bonchev–Trinajstić information content (AvgIpc) is 2.47. The molecule has 0 atom stereocenters. The van der Waals surface area contributed by atoms with Crippen molar-refractivity contribution in [2.24, 2.45) is 0 Å². The number of benzene rings is 1. The van der Waals surface area contributed by atoms with Crippen LogP contribution in [0.1, 0.15) is 5.69 Å². The van der Waals surface area contributed by atoms with Crippen molar-refractivity contribution >= 4 is 38.1 Å². The van der Waals surface area contributed by atoms with Crippen LogP contribution in [0.4, 0.5) is 10.8 Å². The van der Waals surface area contributed by atoms with E-state index in [2.05, 4.69) is 26.2 Å². The summed E-state index contributed by atoms with van der Waals surface area (Å²) in [5.74, 6) is 0. The van der Waals surface area contributed by atoms with Crippen molar-refractivity contribution in [2.45, 2.75) is 6.92 Å². The first kappa shape index (κ1) is 9.68. The second kappa shape index (κ2) is 4.11. The first-order valence-electron chi connectivity index (χ1n) is 4.21. The largest absolute Gasteiger partial charge is 0.332 e. The highest BCUT2D eigenvalue weighted by atomic mass is 79.9. The molecule has 0 amide bonds. The molecular formula is C10H9BrN2S. The SMILES string of the molecule is Cc1nc(Nc2ccccc2)sc1Br. The molecule has 1 N–H and O–H groups in total. The van der Waals surface area contributed by atoms with E-state index in [0.29, 0.717) is 0 Å². The van der Waals surface area contributed by atoms with Crippen LogP contribution in [0.15, 0.2) is 34.1 Å². The number of rotatable bonds is 2. The predicted octanol–water partition coefficient (Wildman–Crippen LogP) is 3.96. The molecule has 2 rings (SSSR count). The molecule has 14 heavy (non-hydrogen) atoms. The summed E-state index contributed by atoms with van der Waals surface area (Å²) in [5.41, 5.74) is 2.09. The highest BCUT2D eigenvalue weighted by Crippen LogP contribution is 2.29. The predicted molar refractivity (Wildman–Crippen MR) is 64.3 cm³/mol. The van der Waals surface area contributed by atoms with Crippen molar-refractivity contribution in [3.63, 3.8) is 0 Å². The Bertz CT molecular complexity index is 405. The molecule has 1 aromatic carbocycles. The van der Waals surface area contributed by atoms with Crippen LogP contribution in [0, 0.1) is 6.92 Å². The summed E-state index contributed by atoms with van der Waals surface area (Å²) in [6.45, 7) is 1.98. The monoisotopic (exact) mass is 268 g/mol. The normalized spacial score (nSPS) is 10.1. The van der Waals surface area contributed by atoms with E-state index in [1.165, 1.54) is 0 Å². The van der Waals surface area contributed by atoms with Gasteiger partial charge in [-0.05, 0) is 35.0 Å². The summed E-state index contributed by atoms with van der Waals surface area (Å²) in [4.78, 5) is 4.37. The molecule has 2 nitrogen and oxygen atoms in total. The molecule has 1 heterocycles. The van der Waals surface area contributed by atoms with Crippen LogP contribution in [-0.4, -0.2) is 4.98 Å². The van der Waals surface area contributed by atoms with Crippen molar-refractivity contribution in [3.05, 3.63) is 39.8 Å². The van der Waals surface area contributed by atoms with E-state index in [1.807, 2.05) is 37.3 Å². The number of nitrogens with one attached hydrogen (secondary N) is 1. The summed E-state index contributed by atoms with van der Waals surface area (Å²) < 4.78 is 1.08. The van der Waals surface area contributed by atoms with Gasteiger partial charge in [0.2, 0.25) is 0 Å². The van der Waals surface area contributed by atoms with Gasteiger partial charge in [-0.3, -0.25) is 0 Å². The number of aromatic nitrogens is 1. The van der Waals surface area contributed by atoms with E-state index in [4.69, 9.17) is 0 Å². The second-order valence-electron chi connectivity index (χ2n) is 2.87. The molecule has 0 saturated heterocycles. The summed E-state index contributed by atoms with van der Waals surface area (Å²) in [5, 5.41) is 4.16. The molecule has 0 unspecified atom stereocenters. The highest BCUT2D eigenvalue weighted by Gasteiger charge is 2.03. The van der Waals surface area contributed by atoms with Crippen LogP contribution in [0.5, 0.6) is 0 Å². The lowest BCUT2D eigenvalue weighted by Crippen LogP contribution is -1.88. The molecule has 0 aliphatic carbocycles. The first-order chi connectivity index (χ1) is 6.75. The lowest BCUT2D eigenvalue weighted by molar-refractivity contribution is 1.25. The summed E-state index contributed by atoms with van der Waals surface area (Å²) in [6.07, 6.45) is 0. The number of para-hydroxylation sites is 1. The third-order valence-corrected chi connectivity index (χ3v) is 3.69. The first-order valence-corrected chi connectivity index (χ1v) is 5.81. The second-order valence-corrected chi connectivity index (χ2v) is 5.19. The quantitative estimate of drug-likeness (QED) is 0.892. The minimum absolute atomic E-state index is 0.917. The summed E-state index contributed by atoms with van der Waals surface area (Å²) in [7, 11) is 0. The van der Waals surface area contributed by atoms with Crippen molar-refractivity contribution < 1.29 is 0 Å². The zero-order valence-corrected chi connectivity index (χ0v) is 10.0. The molecule has 0 saturated carbocycles. The number of halogens is 1. The molecule has 4 heteroatoms. The Labute approximate surface area is 95.1 Å². The maximum Gasteiger partial charge on any atom is 0.188 e. The van der Waals surface area contributed by atoms with Crippen LogP contribution >= 0.6 is 27.3 Å². The number of nitrogens with zero attached hydrogens (tertiary/aromatic N) is 1. The van der Waals surface area contributed by atoms with E-state index in [1.54, 1.807) is 11.3 Å². The zero-order chi connectivity index (χ0) is 9.97. The van der Waals surface area contributed by atoms with Crippen molar-refractivity contribution in [3.8, 4) is 0 Å². The zero-order valence-electron chi connectivity index (χ0n) is 7.62. The number of anilines is 2. The molecule has 0 aliphatic rings. The molecule has 0 radical (unpaired) electrons. The standard InChI is InChI=1S/C10H9BrN2S/c1-7-9(11)14-10(12-7)13-8-5-3-2-4-6-8/h2-6H,1H3,(H,12,13). The van der Waals surface area contributed by atoms with Crippen molar-refractivity contribution in [1.82, 2.24) is 4.98 Å². The fourth-order valence-corrected chi connectivity index (χ4v) is 2.34. The van der Waals surface area contributed by atoms with Crippen LogP contribution in [0.2, 0.25) is 0 Å². The average molecular weight is 269 g/mol. The minimum atomic E-state index is 0.917. The fourth-order valence-electron chi connectivity index (χ4n) is 1.08. The van der Waals surface area contributed by atoms with Gasteiger partial charge in [0.15, 0.2) is 5.13 Å². The summed E-state index contributed by atoms with van der Waals surface area (Å²) in [6, 6.07) is 10.0. The van der Waals surface area contributed by atoms with Crippen LogP contribution in [-0.2, 0) is 0 Å². The van der Waals surface area contributed by atoms with Gasteiger partial charge in [-0.15, -0.1) is 0 Å². The third kappa shape index (κ3) is 2.13. The van der Waals surface area contributed by atoms with Gasteiger partial charge in [0.1, 0.15) is 0 Å². The van der Waals surface area contributed by atoms with E-state index < -0.39 is 0 Å². The van der Waals surface area contributed by atoms with Crippen LogP contribution in [0.25, 0.3) is 0 Å². The smallest absolute Gasteiger partial charge is 0.188 e. The fraction of sp³-hybridized carbons (Fsp3) is 0.100.